The van der Waals surface area contributed by atoms with Gasteiger partial charge in [0.2, 0.25) is 10.0 Å². The maximum Gasteiger partial charge on any atom is 0.271 e. The first kappa shape index (κ1) is 25.3. The number of hydrogen-bond acceptors (Lipinski definition) is 4. The second-order valence-electron chi connectivity index (χ2n) is 6.90. The van der Waals surface area contributed by atoms with Crippen molar-refractivity contribution in [2.24, 2.45) is 5.10 Å². The molecular weight excluding hydrogens is 528 g/mol. The van der Waals surface area contributed by atoms with E-state index in [1.807, 2.05) is 0 Å². The molecule has 3 aromatic rings. The minimum absolute atomic E-state index is 0.00795. The summed E-state index contributed by atoms with van der Waals surface area (Å²) in [7, 11) is -3.65. The standard InChI is InChI=1S/C22H17Cl4N3O3S/c1-33(31,32)29(20-4-2-3-18(24)21(20)26)13-14-5-7-15(8-6-14)22(30)28-27-12-16-9-10-17(23)11-19(16)25/h2-12H,13H2,1H3,(H,28,30)/b27-12-. The van der Waals surface area contributed by atoms with E-state index in [0.717, 1.165) is 10.6 Å². The largest absolute Gasteiger partial charge is 0.271 e. The van der Waals surface area contributed by atoms with Crippen LogP contribution in [0.5, 0.6) is 0 Å². The highest BCUT2D eigenvalue weighted by Gasteiger charge is 2.21. The maximum atomic E-state index is 12.4. The molecule has 0 radical (unpaired) electrons. The van der Waals surface area contributed by atoms with Crippen molar-refractivity contribution < 1.29 is 13.2 Å². The number of hydrazone groups is 1. The SMILES string of the molecule is CS(=O)(=O)N(Cc1ccc(C(=O)N/N=C\c2ccc(Cl)cc2Cl)cc1)c1cccc(Cl)c1Cl. The van der Waals surface area contributed by atoms with Crippen molar-refractivity contribution in [2.75, 3.05) is 10.6 Å². The molecule has 0 aromatic heterocycles. The van der Waals surface area contributed by atoms with Crippen LogP contribution in [0, 0.1) is 0 Å². The van der Waals surface area contributed by atoms with E-state index < -0.39 is 15.9 Å². The molecule has 0 saturated carbocycles. The van der Waals surface area contributed by atoms with E-state index in [1.165, 1.54) is 6.21 Å². The van der Waals surface area contributed by atoms with Crippen molar-refractivity contribution in [3.8, 4) is 0 Å². The molecule has 3 aromatic carbocycles. The number of halogens is 4. The summed E-state index contributed by atoms with van der Waals surface area (Å²) >= 11 is 24.2. The highest BCUT2D eigenvalue weighted by molar-refractivity contribution is 7.92. The summed E-state index contributed by atoms with van der Waals surface area (Å²) in [6, 6.07) is 16.1. The molecule has 0 fully saturated rings. The number of benzene rings is 3. The maximum absolute atomic E-state index is 12.4. The van der Waals surface area contributed by atoms with Gasteiger partial charge in [0.1, 0.15) is 0 Å². The third-order valence-electron chi connectivity index (χ3n) is 4.47. The normalized spacial score (nSPS) is 11.5. The first-order chi connectivity index (χ1) is 15.6. The molecule has 0 saturated heterocycles. The molecule has 1 amide bonds. The predicted molar refractivity (Wildman–Crippen MR) is 135 cm³/mol. The average Bonchev–Trinajstić information content (AvgIpc) is 2.75. The third kappa shape index (κ3) is 6.62. The van der Waals surface area contributed by atoms with Gasteiger partial charge < -0.3 is 0 Å². The monoisotopic (exact) mass is 543 g/mol. The minimum atomic E-state index is -3.65. The van der Waals surface area contributed by atoms with Crippen LogP contribution in [0.1, 0.15) is 21.5 Å². The summed E-state index contributed by atoms with van der Waals surface area (Å²) < 4.78 is 25.9. The lowest BCUT2D eigenvalue weighted by Crippen LogP contribution is -2.29. The van der Waals surface area contributed by atoms with E-state index in [0.29, 0.717) is 26.7 Å². The van der Waals surface area contributed by atoms with Crippen LogP contribution < -0.4 is 9.73 Å². The van der Waals surface area contributed by atoms with Gasteiger partial charge in [0.05, 0.1) is 39.8 Å². The van der Waals surface area contributed by atoms with Crippen molar-refractivity contribution in [3.05, 3.63) is 97.4 Å². The van der Waals surface area contributed by atoms with Crippen molar-refractivity contribution in [1.82, 2.24) is 5.43 Å². The Morgan fingerprint density at radius 2 is 1.70 bits per heavy atom. The Morgan fingerprint density at radius 1 is 1.00 bits per heavy atom. The molecule has 33 heavy (non-hydrogen) atoms. The fourth-order valence-corrected chi connectivity index (χ4v) is 4.62. The quantitative estimate of drug-likeness (QED) is 0.291. The summed E-state index contributed by atoms with van der Waals surface area (Å²) in [5.41, 5.74) is 4.26. The molecule has 0 bridgehead atoms. The Balaban J connectivity index is 1.72. The Bertz CT molecular complexity index is 1310. The van der Waals surface area contributed by atoms with Crippen LogP contribution in [0.25, 0.3) is 0 Å². The number of rotatable bonds is 7. The fraction of sp³-hybridized carbons (Fsp3) is 0.0909. The first-order valence-corrected chi connectivity index (χ1v) is 12.7. The summed E-state index contributed by atoms with van der Waals surface area (Å²) in [5, 5.41) is 5.18. The van der Waals surface area contributed by atoms with Crippen LogP contribution in [-0.2, 0) is 16.6 Å². The molecule has 0 unspecified atom stereocenters. The molecule has 0 aliphatic carbocycles. The smallest absolute Gasteiger partial charge is 0.267 e. The second-order valence-corrected chi connectivity index (χ2v) is 10.4. The van der Waals surface area contributed by atoms with E-state index in [4.69, 9.17) is 46.4 Å². The summed E-state index contributed by atoms with van der Waals surface area (Å²) in [4.78, 5) is 12.4. The molecule has 0 heterocycles. The topological polar surface area (TPSA) is 78.8 Å². The van der Waals surface area contributed by atoms with Crippen LogP contribution in [-0.4, -0.2) is 26.8 Å². The highest BCUT2D eigenvalue weighted by Crippen LogP contribution is 2.34. The third-order valence-corrected chi connectivity index (χ3v) is 6.97. The summed E-state index contributed by atoms with van der Waals surface area (Å²) in [6.07, 6.45) is 2.49. The van der Waals surface area contributed by atoms with Crippen LogP contribution >= 0.6 is 46.4 Å². The van der Waals surface area contributed by atoms with E-state index in [1.54, 1.807) is 60.7 Å². The molecule has 3 rings (SSSR count). The Kier molecular flexibility index (Phi) is 8.26. The lowest BCUT2D eigenvalue weighted by molar-refractivity contribution is 0.0955. The Hall–Kier alpha value is -2.29. The Morgan fingerprint density at radius 3 is 2.33 bits per heavy atom. The number of sulfonamides is 1. The van der Waals surface area contributed by atoms with Gasteiger partial charge in [-0.2, -0.15) is 5.10 Å². The molecule has 6 nitrogen and oxygen atoms in total. The van der Waals surface area contributed by atoms with Gasteiger partial charge in [-0.1, -0.05) is 70.7 Å². The molecular formula is C22H17Cl4N3O3S. The number of amides is 1. The molecule has 0 aliphatic heterocycles. The highest BCUT2D eigenvalue weighted by atomic mass is 35.5. The number of carbonyl (C=O) groups is 1. The van der Waals surface area contributed by atoms with Gasteiger partial charge in [-0.05, 0) is 42.0 Å². The number of hydrogen-bond donors (Lipinski definition) is 1. The van der Waals surface area contributed by atoms with Gasteiger partial charge >= 0.3 is 0 Å². The number of anilines is 1. The van der Waals surface area contributed by atoms with E-state index in [9.17, 15) is 13.2 Å². The van der Waals surface area contributed by atoms with Crippen molar-refractivity contribution in [2.45, 2.75) is 6.54 Å². The van der Waals surface area contributed by atoms with Gasteiger partial charge in [0, 0.05) is 16.1 Å². The van der Waals surface area contributed by atoms with Crippen LogP contribution in [0.3, 0.4) is 0 Å². The molecule has 11 heteroatoms. The molecule has 172 valence electrons. The van der Waals surface area contributed by atoms with Crippen LogP contribution in [0.2, 0.25) is 20.1 Å². The average molecular weight is 545 g/mol. The van der Waals surface area contributed by atoms with Crippen LogP contribution in [0.15, 0.2) is 65.8 Å². The second kappa shape index (κ2) is 10.8. The van der Waals surface area contributed by atoms with Gasteiger partial charge in [-0.25, -0.2) is 13.8 Å². The zero-order chi connectivity index (χ0) is 24.2. The van der Waals surface area contributed by atoms with Crippen LogP contribution in [0.4, 0.5) is 5.69 Å². The van der Waals surface area contributed by atoms with Crippen molar-refractivity contribution in [1.29, 1.82) is 0 Å². The lowest BCUT2D eigenvalue weighted by Gasteiger charge is -2.24. The van der Waals surface area contributed by atoms with Crippen molar-refractivity contribution in [3.63, 3.8) is 0 Å². The minimum Gasteiger partial charge on any atom is -0.267 e. The molecule has 0 atom stereocenters. The molecule has 0 spiro atoms. The molecule has 0 aliphatic rings. The van der Waals surface area contributed by atoms with Gasteiger partial charge in [0.25, 0.3) is 5.91 Å². The van der Waals surface area contributed by atoms with Crippen molar-refractivity contribution >= 4 is 74.2 Å². The molecule has 1 N–H and O–H groups in total. The lowest BCUT2D eigenvalue weighted by atomic mass is 10.1. The van der Waals surface area contributed by atoms with E-state index in [-0.39, 0.29) is 22.3 Å². The van der Waals surface area contributed by atoms with Gasteiger partial charge in [-0.3, -0.25) is 9.10 Å². The Labute approximate surface area is 211 Å². The summed E-state index contributed by atoms with van der Waals surface area (Å²) in [5.74, 6) is -0.444. The van der Waals surface area contributed by atoms with Gasteiger partial charge in [-0.15, -0.1) is 0 Å². The summed E-state index contributed by atoms with van der Waals surface area (Å²) in [6.45, 7) is 0.00795. The van der Waals surface area contributed by atoms with E-state index in [2.05, 4.69) is 10.5 Å². The fourth-order valence-electron chi connectivity index (χ4n) is 2.82. The first-order valence-electron chi connectivity index (χ1n) is 9.35. The van der Waals surface area contributed by atoms with Gasteiger partial charge in [0.15, 0.2) is 0 Å². The zero-order valence-corrected chi connectivity index (χ0v) is 20.9. The number of nitrogens with zero attached hydrogens (tertiary/aromatic N) is 2. The van der Waals surface area contributed by atoms with E-state index >= 15 is 0 Å². The predicted octanol–water partition coefficient (Wildman–Crippen LogP) is 6.03. The number of nitrogens with one attached hydrogen (secondary N) is 1. The zero-order valence-electron chi connectivity index (χ0n) is 17.1. The number of carbonyl (C=O) groups excluding carboxylic acids is 1.